The van der Waals surface area contributed by atoms with Gasteiger partial charge in [-0.25, -0.2) is 8.78 Å². The molecule has 6 heteroatoms. The normalized spacial score (nSPS) is 13.8. The first-order valence-corrected chi connectivity index (χ1v) is 4.20. The number of nitrogens with one attached hydrogen (secondary N) is 1. The second-order valence-corrected chi connectivity index (χ2v) is 3.08. The summed E-state index contributed by atoms with van der Waals surface area (Å²) in [7, 11) is 1.23. The summed E-state index contributed by atoms with van der Waals surface area (Å²) in [6.07, 6.45) is 0.0258. The molecule has 0 spiro atoms. The molecule has 0 amide bonds. The van der Waals surface area contributed by atoms with Crippen LogP contribution in [0.5, 0.6) is 0 Å². The van der Waals surface area contributed by atoms with Crippen molar-refractivity contribution in [2.75, 3.05) is 20.3 Å². The number of halogens is 2. The monoisotopic (exact) mass is 211 g/mol. The summed E-state index contributed by atoms with van der Waals surface area (Å²) in [5.41, 5.74) is 0. The molecule has 14 heavy (non-hydrogen) atoms. The fourth-order valence-electron chi connectivity index (χ4n) is 0.785. The van der Waals surface area contributed by atoms with E-state index < -0.39 is 31.1 Å². The molecular formula is C8H15F2NO3. The minimum atomic E-state index is -3.15. The third-order valence-corrected chi connectivity index (χ3v) is 1.64. The van der Waals surface area contributed by atoms with E-state index in [1.54, 1.807) is 6.92 Å². The SMILES string of the molecule is COC(=O)CC(C)NCC(F)(F)CO. The highest BCUT2D eigenvalue weighted by molar-refractivity contribution is 5.69. The highest BCUT2D eigenvalue weighted by atomic mass is 19.3. The highest BCUT2D eigenvalue weighted by Gasteiger charge is 2.28. The standard InChI is InChI=1S/C8H15F2NO3/c1-6(3-7(13)14-2)11-4-8(9,10)5-12/h6,11-12H,3-5H2,1-2H3. The first kappa shape index (κ1) is 13.2. The van der Waals surface area contributed by atoms with Crippen molar-refractivity contribution >= 4 is 5.97 Å². The zero-order chi connectivity index (χ0) is 11.2. The van der Waals surface area contributed by atoms with Gasteiger partial charge in [-0.2, -0.15) is 0 Å². The van der Waals surface area contributed by atoms with Crippen molar-refractivity contribution in [2.45, 2.75) is 25.3 Å². The van der Waals surface area contributed by atoms with Gasteiger partial charge in [0.15, 0.2) is 0 Å². The summed E-state index contributed by atoms with van der Waals surface area (Å²) in [4.78, 5) is 10.7. The van der Waals surface area contributed by atoms with Crippen molar-refractivity contribution in [3.05, 3.63) is 0 Å². The maximum Gasteiger partial charge on any atom is 0.307 e. The molecule has 0 heterocycles. The largest absolute Gasteiger partial charge is 0.469 e. The summed E-state index contributed by atoms with van der Waals surface area (Å²) in [5.74, 6) is -3.61. The molecule has 0 fully saturated rings. The Morgan fingerprint density at radius 2 is 2.21 bits per heavy atom. The summed E-state index contributed by atoms with van der Waals surface area (Å²) in [6, 6.07) is -0.403. The van der Waals surface area contributed by atoms with Gasteiger partial charge in [0.2, 0.25) is 0 Å². The number of hydrogen-bond acceptors (Lipinski definition) is 4. The molecule has 0 bridgehead atoms. The van der Waals surface area contributed by atoms with Crippen molar-refractivity contribution < 1.29 is 23.4 Å². The van der Waals surface area contributed by atoms with Crippen LogP contribution in [-0.4, -0.2) is 43.3 Å². The molecule has 1 atom stereocenters. The topological polar surface area (TPSA) is 58.6 Å². The van der Waals surface area contributed by atoms with Crippen LogP contribution in [0.4, 0.5) is 8.78 Å². The fraction of sp³-hybridized carbons (Fsp3) is 0.875. The van der Waals surface area contributed by atoms with Crippen LogP contribution in [0.3, 0.4) is 0 Å². The Kier molecular flexibility index (Phi) is 5.56. The number of aliphatic hydroxyl groups is 1. The van der Waals surface area contributed by atoms with Crippen molar-refractivity contribution in [2.24, 2.45) is 0 Å². The third-order valence-electron chi connectivity index (χ3n) is 1.64. The van der Waals surface area contributed by atoms with E-state index in [0.29, 0.717) is 0 Å². The van der Waals surface area contributed by atoms with Crippen LogP contribution in [-0.2, 0) is 9.53 Å². The van der Waals surface area contributed by atoms with Crippen molar-refractivity contribution in [3.63, 3.8) is 0 Å². The molecular weight excluding hydrogens is 196 g/mol. The van der Waals surface area contributed by atoms with Gasteiger partial charge in [-0.15, -0.1) is 0 Å². The van der Waals surface area contributed by atoms with Crippen LogP contribution in [0.15, 0.2) is 0 Å². The van der Waals surface area contributed by atoms with Crippen LogP contribution in [0.2, 0.25) is 0 Å². The van der Waals surface area contributed by atoms with Crippen LogP contribution in [0.25, 0.3) is 0 Å². The molecule has 0 aliphatic heterocycles. The summed E-state index contributed by atoms with van der Waals surface area (Å²) in [5, 5.41) is 10.7. The summed E-state index contributed by atoms with van der Waals surface area (Å²) >= 11 is 0. The number of ether oxygens (including phenoxy) is 1. The van der Waals surface area contributed by atoms with E-state index in [0.717, 1.165) is 0 Å². The van der Waals surface area contributed by atoms with Crippen LogP contribution < -0.4 is 5.32 Å². The van der Waals surface area contributed by atoms with Crippen molar-refractivity contribution in [1.82, 2.24) is 5.32 Å². The smallest absolute Gasteiger partial charge is 0.307 e. The van der Waals surface area contributed by atoms with Gasteiger partial charge in [0.1, 0.15) is 6.61 Å². The van der Waals surface area contributed by atoms with E-state index in [1.807, 2.05) is 0 Å². The fourth-order valence-corrected chi connectivity index (χ4v) is 0.785. The minimum Gasteiger partial charge on any atom is -0.469 e. The number of hydrogen-bond donors (Lipinski definition) is 2. The molecule has 0 saturated heterocycles. The number of carbonyl (C=O) groups excluding carboxylic acids is 1. The van der Waals surface area contributed by atoms with E-state index >= 15 is 0 Å². The van der Waals surface area contributed by atoms with Gasteiger partial charge in [0.05, 0.1) is 20.1 Å². The molecule has 0 aromatic heterocycles. The molecule has 0 aliphatic carbocycles. The van der Waals surface area contributed by atoms with Crippen LogP contribution >= 0.6 is 0 Å². The molecule has 0 aliphatic rings. The van der Waals surface area contributed by atoms with E-state index in [2.05, 4.69) is 10.1 Å². The molecule has 0 rings (SSSR count). The Bertz CT molecular complexity index is 187. The van der Waals surface area contributed by atoms with Crippen molar-refractivity contribution in [1.29, 1.82) is 0 Å². The zero-order valence-corrected chi connectivity index (χ0v) is 8.22. The molecule has 0 aromatic carbocycles. The Labute approximate surface area is 81.2 Å². The molecule has 0 saturated carbocycles. The van der Waals surface area contributed by atoms with Gasteiger partial charge in [-0.1, -0.05) is 0 Å². The van der Waals surface area contributed by atoms with Gasteiger partial charge in [0.25, 0.3) is 5.92 Å². The number of methoxy groups -OCH3 is 1. The van der Waals surface area contributed by atoms with Crippen molar-refractivity contribution in [3.8, 4) is 0 Å². The molecule has 0 aromatic rings. The minimum absolute atomic E-state index is 0.0258. The summed E-state index contributed by atoms with van der Waals surface area (Å²) < 4.78 is 29.4. The Hall–Kier alpha value is -0.750. The molecule has 4 nitrogen and oxygen atoms in total. The molecule has 1 unspecified atom stereocenters. The maximum atomic E-state index is 12.5. The lowest BCUT2D eigenvalue weighted by Crippen LogP contribution is -2.40. The second-order valence-electron chi connectivity index (χ2n) is 3.08. The van der Waals surface area contributed by atoms with E-state index in [4.69, 9.17) is 5.11 Å². The highest BCUT2D eigenvalue weighted by Crippen LogP contribution is 2.10. The van der Waals surface area contributed by atoms with Gasteiger partial charge >= 0.3 is 5.97 Å². The predicted octanol–water partition coefficient (Wildman–Crippen LogP) is 0.155. The van der Waals surface area contributed by atoms with Gasteiger partial charge in [-0.05, 0) is 6.92 Å². The molecule has 0 radical (unpaired) electrons. The van der Waals surface area contributed by atoms with Crippen LogP contribution in [0, 0.1) is 0 Å². The number of rotatable bonds is 6. The number of aliphatic hydroxyl groups excluding tert-OH is 1. The maximum absolute atomic E-state index is 12.5. The number of carbonyl (C=O) groups is 1. The average molecular weight is 211 g/mol. The van der Waals surface area contributed by atoms with Gasteiger partial charge < -0.3 is 15.2 Å². The van der Waals surface area contributed by atoms with E-state index in [9.17, 15) is 13.6 Å². The Morgan fingerprint density at radius 1 is 1.64 bits per heavy atom. The third kappa shape index (κ3) is 5.82. The van der Waals surface area contributed by atoms with Gasteiger partial charge in [-0.3, -0.25) is 4.79 Å². The summed E-state index contributed by atoms with van der Waals surface area (Å²) in [6.45, 7) is -0.267. The second kappa shape index (κ2) is 5.87. The number of esters is 1. The first-order valence-electron chi connectivity index (χ1n) is 4.20. The Balaban J connectivity index is 3.74. The lowest BCUT2D eigenvalue weighted by molar-refractivity contribution is -0.141. The zero-order valence-electron chi connectivity index (χ0n) is 8.22. The Morgan fingerprint density at radius 3 is 2.64 bits per heavy atom. The first-order chi connectivity index (χ1) is 6.41. The molecule has 2 N–H and O–H groups in total. The van der Waals surface area contributed by atoms with E-state index in [-0.39, 0.29) is 6.42 Å². The average Bonchev–Trinajstić information content (AvgIpc) is 2.15. The lowest BCUT2D eigenvalue weighted by atomic mass is 10.2. The molecule has 84 valence electrons. The van der Waals surface area contributed by atoms with Crippen LogP contribution in [0.1, 0.15) is 13.3 Å². The quantitative estimate of drug-likeness (QED) is 0.614. The predicted molar refractivity (Wildman–Crippen MR) is 46.1 cm³/mol. The lowest BCUT2D eigenvalue weighted by Gasteiger charge is -2.17. The number of alkyl halides is 2. The van der Waals surface area contributed by atoms with Gasteiger partial charge in [0, 0.05) is 6.04 Å². The van der Waals surface area contributed by atoms with E-state index in [1.165, 1.54) is 7.11 Å².